The zero-order valence-corrected chi connectivity index (χ0v) is 12.4. The standard InChI is InChI=1S/C14H24N2O3/c1-7-8-9-10-15-12(17)11(2)16(6)13(18)19-14(3,4)5/h1,11H,8-10H2,2-6H3,(H,15,17). The molecule has 0 radical (unpaired) electrons. The number of nitrogens with one attached hydrogen (secondary N) is 1. The van der Waals surface area contributed by atoms with Crippen LogP contribution < -0.4 is 5.32 Å². The van der Waals surface area contributed by atoms with Crippen LogP contribution in [0.25, 0.3) is 0 Å². The first-order valence-corrected chi connectivity index (χ1v) is 6.36. The highest BCUT2D eigenvalue weighted by Gasteiger charge is 2.26. The number of hydrogen-bond donors (Lipinski definition) is 1. The lowest BCUT2D eigenvalue weighted by Gasteiger charge is -2.28. The van der Waals surface area contributed by atoms with Gasteiger partial charge >= 0.3 is 6.09 Å². The van der Waals surface area contributed by atoms with Crippen LogP contribution in [0, 0.1) is 12.3 Å². The lowest BCUT2D eigenvalue weighted by molar-refractivity contribution is -0.125. The average Bonchev–Trinajstić information content (AvgIpc) is 2.30. The highest BCUT2D eigenvalue weighted by atomic mass is 16.6. The lowest BCUT2D eigenvalue weighted by Crippen LogP contribution is -2.47. The number of amides is 2. The minimum atomic E-state index is -0.583. The topological polar surface area (TPSA) is 58.6 Å². The second kappa shape index (κ2) is 7.67. The number of carbonyl (C=O) groups is 2. The van der Waals surface area contributed by atoms with Crippen LogP contribution in [0.4, 0.5) is 4.79 Å². The number of rotatable bonds is 5. The predicted molar refractivity (Wildman–Crippen MR) is 74.5 cm³/mol. The van der Waals surface area contributed by atoms with E-state index in [9.17, 15) is 9.59 Å². The molecule has 19 heavy (non-hydrogen) atoms. The Balaban J connectivity index is 4.24. The number of nitrogens with zero attached hydrogens (tertiary/aromatic N) is 1. The Morgan fingerprint density at radius 1 is 1.42 bits per heavy atom. The number of terminal acetylenes is 1. The van der Waals surface area contributed by atoms with Gasteiger partial charge in [-0.3, -0.25) is 9.69 Å². The largest absolute Gasteiger partial charge is 0.444 e. The molecule has 0 saturated heterocycles. The molecule has 0 aromatic carbocycles. The molecule has 5 nitrogen and oxygen atoms in total. The van der Waals surface area contributed by atoms with Crippen molar-refractivity contribution in [2.75, 3.05) is 13.6 Å². The van der Waals surface area contributed by atoms with E-state index in [1.807, 2.05) is 0 Å². The van der Waals surface area contributed by atoms with Crippen molar-refractivity contribution >= 4 is 12.0 Å². The van der Waals surface area contributed by atoms with E-state index in [0.29, 0.717) is 13.0 Å². The van der Waals surface area contributed by atoms with E-state index in [1.54, 1.807) is 34.7 Å². The molecular formula is C14H24N2O3. The van der Waals surface area contributed by atoms with Crippen LogP contribution in [-0.2, 0) is 9.53 Å². The minimum Gasteiger partial charge on any atom is -0.444 e. The normalized spacial score (nSPS) is 12.2. The fourth-order valence-electron chi connectivity index (χ4n) is 1.22. The fourth-order valence-corrected chi connectivity index (χ4v) is 1.22. The summed E-state index contributed by atoms with van der Waals surface area (Å²) in [5, 5.41) is 2.73. The van der Waals surface area contributed by atoms with Crippen molar-refractivity contribution < 1.29 is 14.3 Å². The summed E-state index contributed by atoms with van der Waals surface area (Å²) in [4.78, 5) is 24.9. The highest BCUT2D eigenvalue weighted by molar-refractivity contribution is 5.85. The van der Waals surface area contributed by atoms with Crippen molar-refractivity contribution in [2.24, 2.45) is 0 Å². The number of unbranched alkanes of at least 4 members (excludes halogenated alkanes) is 1. The molecule has 5 heteroatoms. The van der Waals surface area contributed by atoms with E-state index in [-0.39, 0.29) is 5.91 Å². The summed E-state index contributed by atoms with van der Waals surface area (Å²) in [6.07, 6.45) is 5.95. The fraction of sp³-hybridized carbons (Fsp3) is 0.714. The molecule has 0 aliphatic rings. The summed E-state index contributed by atoms with van der Waals surface area (Å²) in [5.74, 6) is 2.28. The molecule has 0 saturated carbocycles. The molecule has 0 heterocycles. The average molecular weight is 268 g/mol. The quantitative estimate of drug-likeness (QED) is 0.610. The SMILES string of the molecule is C#CCCCNC(=O)C(C)N(C)C(=O)OC(C)(C)C. The Labute approximate surface area is 115 Å². The van der Waals surface area contributed by atoms with Gasteiger partial charge in [0.05, 0.1) is 0 Å². The molecule has 1 atom stereocenters. The predicted octanol–water partition coefficient (Wildman–Crippen LogP) is 1.77. The third-order valence-electron chi connectivity index (χ3n) is 2.44. The second-order valence-electron chi connectivity index (χ2n) is 5.37. The monoisotopic (exact) mass is 268 g/mol. The first-order chi connectivity index (χ1) is 8.69. The van der Waals surface area contributed by atoms with Gasteiger partial charge in [-0.05, 0) is 34.1 Å². The molecule has 1 N–H and O–H groups in total. The van der Waals surface area contributed by atoms with Gasteiger partial charge in [-0.25, -0.2) is 4.79 Å². The molecule has 0 aromatic rings. The Morgan fingerprint density at radius 2 is 2.00 bits per heavy atom. The Hall–Kier alpha value is -1.70. The number of hydrogen-bond acceptors (Lipinski definition) is 3. The minimum absolute atomic E-state index is 0.217. The van der Waals surface area contributed by atoms with E-state index in [4.69, 9.17) is 11.2 Å². The van der Waals surface area contributed by atoms with E-state index in [1.165, 1.54) is 4.90 Å². The van der Waals surface area contributed by atoms with Crippen LogP contribution in [-0.4, -0.2) is 42.1 Å². The number of carbonyl (C=O) groups excluding carboxylic acids is 2. The molecule has 0 spiro atoms. The van der Waals surface area contributed by atoms with Gasteiger partial charge < -0.3 is 10.1 Å². The van der Waals surface area contributed by atoms with Gasteiger partial charge in [-0.15, -0.1) is 12.3 Å². The van der Waals surface area contributed by atoms with Crippen LogP contribution >= 0.6 is 0 Å². The second-order valence-corrected chi connectivity index (χ2v) is 5.37. The summed E-state index contributed by atoms with van der Waals surface area (Å²) < 4.78 is 5.19. The van der Waals surface area contributed by atoms with Gasteiger partial charge in [-0.1, -0.05) is 0 Å². The van der Waals surface area contributed by atoms with Crippen molar-refractivity contribution in [3.8, 4) is 12.3 Å². The molecule has 0 aromatic heterocycles. The van der Waals surface area contributed by atoms with Crippen molar-refractivity contribution in [3.05, 3.63) is 0 Å². The Bertz CT molecular complexity index is 353. The maximum atomic E-state index is 11.8. The van der Waals surface area contributed by atoms with E-state index < -0.39 is 17.7 Å². The smallest absolute Gasteiger partial charge is 0.410 e. The third kappa shape index (κ3) is 7.35. The van der Waals surface area contributed by atoms with Crippen molar-refractivity contribution in [1.82, 2.24) is 10.2 Å². The molecule has 2 amide bonds. The zero-order valence-electron chi connectivity index (χ0n) is 12.4. The lowest BCUT2D eigenvalue weighted by atomic mass is 10.2. The Kier molecular flexibility index (Phi) is 6.99. The first kappa shape index (κ1) is 17.3. The summed E-state index contributed by atoms with van der Waals surface area (Å²) in [6.45, 7) is 7.51. The first-order valence-electron chi connectivity index (χ1n) is 6.36. The Morgan fingerprint density at radius 3 is 2.47 bits per heavy atom. The van der Waals surface area contributed by atoms with Crippen LogP contribution in [0.5, 0.6) is 0 Å². The summed E-state index contributed by atoms with van der Waals surface area (Å²) >= 11 is 0. The van der Waals surface area contributed by atoms with Crippen LogP contribution in [0.3, 0.4) is 0 Å². The summed E-state index contributed by atoms with van der Waals surface area (Å²) in [6, 6.07) is -0.583. The van der Waals surface area contributed by atoms with Gasteiger partial charge in [-0.2, -0.15) is 0 Å². The molecule has 1 unspecified atom stereocenters. The molecule has 0 rings (SSSR count). The molecule has 0 fully saturated rings. The van der Waals surface area contributed by atoms with Gasteiger partial charge in [0.1, 0.15) is 11.6 Å². The van der Waals surface area contributed by atoms with E-state index >= 15 is 0 Å². The van der Waals surface area contributed by atoms with Gasteiger partial charge in [0, 0.05) is 20.0 Å². The molecule has 0 aliphatic heterocycles. The van der Waals surface area contributed by atoms with Crippen LogP contribution in [0.15, 0.2) is 0 Å². The highest BCUT2D eigenvalue weighted by Crippen LogP contribution is 2.10. The third-order valence-corrected chi connectivity index (χ3v) is 2.44. The number of ether oxygens (including phenoxy) is 1. The number of likely N-dealkylation sites (N-methyl/N-ethyl adjacent to an activating group) is 1. The maximum Gasteiger partial charge on any atom is 0.410 e. The van der Waals surface area contributed by atoms with Crippen molar-refractivity contribution in [1.29, 1.82) is 0 Å². The summed E-state index contributed by atoms with van der Waals surface area (Å²) in [5.41, 5.74) is -0.575. The van der Waals surface area contributed by atoms with Gasteiger partial charge in [0.25, 0.3) is 0 Å². The molecule has 0 aliphatic carbocycles. The van der Waals surface area contributed by atoms with Crippen molar-refractivity contribution in [2.45, 2.75) is 52.2 Å². The maximum absolute atomic E-state index is 11.8. The molecule has 0 bridgehead atoms. The van der Waals surface area contributed by atoms with Gasteiger partial charge in [0.2, 0.25) is 5.91 Å². The van der Waals surface area contributed by atoms with Crippen LogP contribution in [0.1, 0.15) is 40.5 Å². The summed E-state index contributed by atoms with van der Waals surface area (Å²) in [7, 11) is 1.54. The van der Waals surface area contributed by atoms with Crippen LogP contribution in [0.2, 0.25) is 0 Å². The van der Waals surface area contributed by atoms with E-state index in [2.05, 4.69) is 11.2 Å². The van der Waals surface area contributed by atoms with Gasteiger partial charge in [0.15, 0.2) is 0 Å². The molecule has 108 valence electrons. The zero-order chi connectivity index (χ0) is 15.1. The van der Waals surface area contributed by atoms with E-state index in [0.717, 1.165) is 6.42 Å². The van der Waals surface area contributed by atoms with Crippen molar-refractivity contribution in [3.63, 3.8) is 0 Å². The molecular weight excluding hydrogens is 244 g/mol.